The second-order valence-corrected chi connectivity index (χ2v) is 8.12. The summed E-state index contributed by atoms with van der Waals surface area (Å²) in [5.41, 5.74) is 3.47. The Morgan fingerprint density at radius 3 is 2.33 bits per heavy atom. The SMILES string of the molecule is CCc1ccc(N2C(=O)c3oc4ccc(C)cc4c(=O)c3C2c2ccc([N+](=O)[O-])cc2)cc1. The zero-order chi connectivity index (χ0) is 23.3. The number of benzene rings is 3. The van der Waals surface area contributed by atoms with Crippen LogP contribution in [0.1, 0.15) is 45.8 Å². The Balaban J connectivity index is 1.76. The molecule has 0 N–H and O–H groups in total. The first-order chi connectivity index (χ1) is 15.9. The van der Waals surface area contributed by atoms with Crippen molar-refractivity contribution in [2.75, 3.05) is 4.90 Å². The van der Waals surface area contributed by atoms with Crippen LogP contribution in [-0.2, 0) is 6.42 Å². The molecule has 1 atom stereocenters. The summed E-state index contributed by atoms with van der Waals surface area (Å²) in [6, 6.07) is 18.0. The van der Waals surface area contributed by atoms with Gasteiger partial charge in [0.1, 0.15) is 5.58 Å². The van der Waals surface area contributed by atoms with Gasteiger partial charge in [-0.25, -0.2) is 0 Å². The van der Waals surface area contributed by atoms with Crippen molar-refractivity contribution in [2.45, 2.75) is 26.3 Å². The van der Waals surface area contributed by atoms with Crippen molar-refractivity contribution in [3.8, 4) is 0 Å². The molecule has 0 aliphatic carbocycles. The van der Waals surface area contributed by atoms with Gasteiger partial charge in [0.25, 0.3) is 11.6 Å². The molecule has 5 rings (SSSR count). The second kappa shape index (κ2) is 7.70. The summed E-state index contributed by atoms with van der Waals surface area (Å²) in [6.45, 7) is 3.92. The summed E-state index contributed by atoms with van der Waals surface area (Å²) in [5, 5.41) is 11.5. The molecule has 1 unspecified atom stereocenters. The van der Waals surface area contributed by atoms with E-state index in [0.29, 0.717) is 22.2 Å². The lowest BCUT2D eigenvalue weighted by molar-refractivity contribution is -0.384. The van der Waals surface area contributed by atoms with E-state index in [1.807, 2.05) is 44.2 Å². The van der Waals surface area contributed by atoms with Gasteiger partial charge >= 0.3 is 0 Å². The fourth-order valence-electron chi connectivity index (χ4n) is 4.34. The Morgan fingerprint density at radius 1 is 1.00 bits per heavy atom. The van der Waals surface area contributed by atoms with Crippen molar-refractivity contribution in [3.63, 3.8) is 0 Å². The van der Waals surface area contributed by atoms with Gasteiger partial charge in [0.15, 0.2) is 5.43 Å². The number of nitro groups is 1. The van der Waals surface area contributed by atoms with Gasteiger partial charge in [-0.15, -0.1) is 0 Å². The molecule has 0 saturated carbocycles. The van der Waals surface area contributed by atoms with Gasteiger partial charge < -0.3 is 4.42 Å². The van der Waals surface area contributed by atoms with E-state index < -0.39 is 16.9 Å². The van der Waals surface area contributed by atoms with Crippen molar-refractivity contribution in [1.29, 1.82) is 0 Å². The van der Waals surface area contributed by atoms with Crippen molar-refractivity contribution < 1.29 is 14.1 Å². The molecule has 7 heteroatoms. The predicted octanol–water partition coefficient (Wildman–Crippen LogP) is 5.32. The molecule has 2 heterocycles. The van der Waals surface area contributed by atoms with Crippen LogP contribution < -0.4 is 10.3 Å². The molecule has 1 aliphatic rings. The maximum atomic E-state index is 13.6. The first-order valence-corrected chi connectivity index (χ1v) is 10.6. The largest absolute Gasteiger partial charge is 0.450 e. The Morgan fingerprint density at radius 2 is 1.70 bits per heavy atom. The average Bonchev–Trinajstić information content (AvgIpc) is 3.12. The molecule has 0 radical (unpaired) electrons. The molecule has 0 spiro atoms. The van der Waals surface area contributed by atoms with Gasteiger partial charge in [0, 0.05) is 17.8 Å². The molecule has 1 amide bonds. The average molecular weight is 440 g/mol. The first kappa shape index (κ1) is 20.6. The minimum atomic E-state index is -0.762. The van der Waals surface area contributed by atoms with E-state index in [9.17, 15) is 19.7 Å². The lowest BCUT2D eigenvalue weighted by atomic mass is 9.97. The van der Waals surface area contributed by atoms with Gasteiger partial charge in [0.2, 0.25) is 5.76 Å². The number of fused-ring (bicyclic) bond motifs is 2. The van der Waals surface area contributed by atoms with Crippen molar-refractivity contribution in [1.82, 2.24) is 0 Å². The molecule has 164 valence electrons. The number of nitro benzene ring substituents is 1. The molecule has 7 nitrogen and oxygen atoms in total. The van der Waals surface area contributed by atoms with Crippen molar-refractivity contribution in [3.05, 3.63) is 115 Å². The van der Waals surface area contributed by atoms with E-state index in [-0.39, 0.29) is 22.4 Å². The number of carbonyl (C=O) groups excluding carboxylic acids is 1. The highest BCUT2D eigenvalue weighted by molar-refractivity contribution is 6.10. The number of aryl methyl sites for hydroxylation is 2. The molecule has 0 saturated heterocycles. The Labute approximate surface area is 189 Å². The van der Waals surface area contributed by atoms with Crippen LogP contribution in [0.15, 0.2) is 75.9 Å². The molecule has 1 aromatic heterocycles. The topological polar surface area (TPSA) is 93.7 Å². The van der Waals surface area contributed by atoms with E-state index in [1.54, 1.807) is 24.3 Å². The summed E-state index contributed by atoms with van der Waals surface area (Å²) in [7, 11) is 0. The summed E-state index contributed by atoms with van der Waals surface area (Å²) in [4.78, 5) is 39.4. The molecular weight excluding hydrogens is 420 g/mol. The summed E-state index contributed by atoms with van der Waals surface area (Å²) < 4.78 is 5.96. The minimum Gasteiger partial charge on any atom is -0.450 e. The summed E-state index contributed by atoms with van der Waals surface area (Å²) in [6.07, 6.45) is 0.852. The molecular formula is C26H20N2O5. The van der Waals surface area contributed by atoms with Crippen LogP contribution >= 0.6 is 0 Å². The third-order valence-electron chi connectivity index (χ3n) is 6.07. The van der Waals surface area contributed by atoms with Gasteiger partial charge in [-0.2, -0.15) is 0 Å². The standard InChI is InChI=1S/C26H20N2O5/c1-3-16-5-9-18(10-6-16)27-23(17-7-11-19(12-8-17)28(31)32)22-24(29)20-14-15(2)4-13-21(20)33-25(22)26(27)30/h4-14,23H,3H2,1-2H3. The van der Waals surface area contributed by atoms with E-state index in [0.717, 1.165) is 17.5 Å². The molecule has 1 aliphatic heterocycles. The number of anilines is 1. The van der Waals surface area contributed by atoms with Crippen LogP contribution in [0.4, 0.5) is 11.4 Å². The number of carbonyl (C=O) groups is 1. The highest BCUT2D eigenvalue weighted by atomic mass is 16.6. The Kier molecular flexibility index (Phi) is 4.82. The number of rotatable bonds is 4. The number of nitrogens with zero attached hydrogens (tertiary/aromatic N) is 2. The van der Waals surface area contributed by atoms with E-state index in [4.69, 9.17) is 4.42 Å². The fourth-order valence-corrected chi connectivity index (χ4v) is 4.34. The zero-order valence-electron chi connectivity index (χ0n) is 18.1. The minimum absolute atomic E-state index is 0.000672. The van der Waals surface area contributed by atoms with E-state index in [2.05, 4.69) is 0 Å². The quantitative estimate of drug-likeness (QED) is 0.316. The van der Waals surface area contributed by atoms with Crippen LogP contribution in [-0.4, -0.2) is 10.8 Å². The predicted molar refractivity (Wildman–Crippen MR) is 125 cm³/mol. The molecule has 4 aromatic rings. The highest BCUT2D eigenvalue weighted by Gasteiger charge is 2.43. The molecule has 33 heavy (non-hydrogen) atoms. The van der Waals surface area contributed by atoms with Gasteiger partial charge in [-0.3, -0.25) is 24.6 Å². The van der Waals surface area contributed by atoms with Crippen LogP contribution in [0.3, 0.4) is 0 Å². The smallest absolute Gasteiger partial charge is 0.295 e. The summed E-state index contributed by atoms with van der Waals surface area (Å²) >= 11 is 0. The van der Waals surface area contributed by atoms with Gasteiger partial charge in [-0.1, -0.05) is 30.7 Å². The molecule has 3 aromatic carbocycles. The van der Waals surface area contributed by atoms with Crippen LogP contribution in [0.25, 0.3) is 11.0 Å². The lowest BCUT2D eigenvalue weighted by Gasteiger charge is -2.25. The van der Waals surface area contributed by atoms with E-state index in [1.165, 1.54) is 17.0 Å². The highest BCUT2D eigenvalue weighted by Crippen LogP contribution is 2.41. The molecule has 0 fully saturated rings. The molecule has 0 bridgehead atoms. The normalized spacial score (nSPS) is 15.2. The maximum absolute atomic E-state index is 13.6. The zero-order valence-corrected chi connectivity index (χ0v) is 18.1. The van der Waals surface area contributed by atoms with Crippen LogP contribution in [0, 0.1) is 17.0 Å². The first-order valence-electron chi connectivity index (χ1n) is 10.6. The number of non-ortho nitro benzene ring substituents is 1. The monoisotopic (exact) mass is 440 g/mol. The van der Waals surface area contributed by atoms with Gasteiger partial charge in [0.05, 0.1) is 21.9 Å². The lowest BCUT2D eigenvalue weighted by Crippen LogP contribution is -2.29. The third-order valence-corrected chi connectivity index (χ3v) is 6.07. The Hall–Kier alpha value is -4.26. The van der Waals surface area contributed by atoms with Gasteiger partial charge in [-0.05, 0) is 60.9 Å². The second-order valence-electron chi connectivity index (χ2n) is 8.12. The number of amides is 1. The van der Waals surface area contributed by atoms with Crippen LogP contribution in [0.5, 0.6) is 0 Å². The number of hydrogen-bond acceptors (Lipinski definition) is 5. The van der Waals surface area contributed by atoms with Crippen molar-refractivity contribution in [2.24, 2.45) is 0 Å². The maximum Gasteiger partial charge on any atom is 0.295 e. The van der Waals surface area contributed by atoms with Crippen molar-refractivity contribution >= 4 is 28.3 Å². The summed E-state index contributed by atoms with van der Waals surface area (Å²) in [5.74, 6) is -0.420. The van der Waals surface area contributed by atoms with Crippen LogP contribution in [0.2, 0.25) is 0 Å². The van der Waals surface area contributed by atoms with E-state index >= 15 is 0 Å². The Bertz CT molecular complexity index is 1470. The fraction of sp³-hybridized carbons (Fsp3) is 0.154. The third kappa shape index (κ3) is 3.29. The number of hydrogen-bond donors (Lipinski definition) is 0.